The molecule has 1 atom stereocenters. The lowest BCUT2D eigenvalue weighted by Gasteiger charge is -2.17. The van der Waals surface area contributed by atoms with Crippen molar-refractivity contribution in [2.24, 2.45) is 0 Å². The number of hydrogen-bond acceptors (Lipinski definition) is 2. The monoisotopic (exact) mass is 357 g/mol. The summed E-state index contributed by atoms with van der Waals surface area (Å²) < 4.78 is 20.0. The van der Waals surface area contributed by atoms with Crippen molar-refractivity contribution in [1.82, 2.24) is 5.32 Å². The van der Waals surface area contributed by atoms with Crippen LogP contribution in [0.15, 0.2) is 40.9 Å². The molecule has 1 unspecified atom stereocenters. The molecule has 0 saturated carbocycles. The maximum atomic E-state index is 13.4. The van der Waals surface area contributed by atoms with E-state index in [2.05, 4.69) is 21.2 Å². The van der Waals surface area contributed by atoms with E-state index in [1.165, 1.54) is 12.1 Å². The van der Waals surface area contributed by atoms with Crippen LogP contribution in [0, 0.1) is 5.82 Å². The first kappa shape index (κ1) is 15.3. The van der Waals surface area contributed by atoms with Crippen molar-refractivity contribution < 1.29 is 9.13 Å². The van der Waals surface area contributed by atoms with Gasteiger partial charge in [-0.1, -0.05) is 11.6 Å². The second kappa shape index (κ2) is 6.57. The fourth-order valence-electron chi connectivity index (χ4n) is 1.78. The molecule has 0 spiro atoms. The summed E-state index contributed by atoms with van der Waals surface area (Å²) in [6.07, 6.45) is 0. The van der Waals surface area contributed by atoms with Crippen LogP contribution in [-0.4, -0.2) is 7.05 Å². The van der Waals surface area contributed by atoms with Gasteiger partial charge in [0.15, 0.2) is 0 Å². The lowest BCUT2D eigenvalue weighted by molar-refractivity contribution is 0.460. The van der Waals surface area contributed by atoms with Crippen molar-refractivity contribution in [3.63, 3.8) is 0 Å². The van der Waals surface area contributed by atoms with Gasteiger partial charge in [0.2, 0.25) is 0 Å². The Morgan fingerprint density at radius 1 is 1.20 bits per heavy atom. The number of benzene rings is 2. The molecule has 0 radical (unpaired) electrons. The second-order valence-electron chi connectivity index (χ2n) is 4.37. The van der Waals surface area contributed by atoms with Crippen LogP contribution in [0.1, 0.15) is 18.5 Å². The van der Waals surface area contributed by atoms with E-state index < -0.39 is 0 Å². The van der Waals surface area contributed by atoms with E-state index in [-0.39, 0.29) is 11.9 Å². The second-order valence-corrected chi connectivity index (χ2v) is 5.66. The summed E-state index contributed by atoms with van der Waals surface area (Å²) in [7, 11) is 1.82. The van der Waals surface area contributed by atoms with E-state index in [1.807, 2.05) is 14.0 Å². The smallest absolute Gasteiger partial charge is 0.141 e. The Balaban J connectivity index is 2.37. The van der Waals surface area contributed by atoms with Crippen LogP contribution in [-0.2, 0) is 0 Å². The summed E-state index contributed by atoms with van der Waals surface area (Å²) in [6, 6.07) is 9.72. The molecule has 0 aliphatic heterocycles. The molecule has 2 aromatic rings. The van der Waals surface area contributed by atoms with Gasteiger partial charge in [-0.05, 0) is 66.3 Å². The average Bonchev–Trinajstić information content (AvgIpc) is 2.42. The molecule has 2 nitrogen and oxygen atoms in total. The molecule has 106 valence electrons. The molecule has 20 heavy (non-hydrogen) atoms. The van der Waals surface area contributed by atoms with Gasteiger partial charge in [0.05, 0.1) is 4.47 Å². The highest BCUT2D eigenvalue weighted by Crippen LogP contribution is 2.35. The van der Waals surface area contributed by atoms with Gasteiger partial charge in [0.25, 0.3) is 0 Å². The number of hydrogen-bond donors (Lipinski definition) is 1. The molecule has 0 heterocycles. The van der Waals surface area contributed by atoms with Crippen molar-refractivity contribution in [2.45, 2.75) is 13.0 Å². The van der Waals surface area contributed by atoms with Gasteiger partial charge in [-0.2, -0.15) is 0 Å². The van der Waals surface area contributed by atoms with E-state index in [0.717, 1.165) is 10.0 Å². The summed E-state index contributed by atoms with van der Waals surface area (Å²) in [4.78, 5) is 0. The first-order valence-electron chi connectivity index (χ1n) is 6.11. The van der Waals surface area contributed by atoms with Gasteiger partial charge in [0, 0.05) is 16.6 Å². The van der Waals surface area contributed by atoms with E-state index in [1.54, 1.807) is 24.3 Å². The molecular formula is C15H14BrClFNO. The zero-order valence-electron chi connectivity index (χ0n) is 11.1. The van der Waals surface area contributed by atoms with Crippen molar-refractivity contribution in [1.29, 1.82) is 0 Å². The Bertz CT molecular complexity index is 621. The number of ether oxygens (including phenoxy) is 1. The topological polar surface area (TPSA) is 21.3 Å². The summed E-state index contributed by atoms with van der Waals surface area (Å²) in [5.74, 6) is 0.950. The van der Waals surface area contributed by atoms with Gasteiger partial charge >= 0.3 is 0 Å². The predicted octanol–water partition coefficient (Wildman–Crippen LogP) is 5.31. The summed E-state index contributed by atoms with van der Waals surface area (Å²) in [5, 5.41) is 3.70. The molecule has 2 rings (SSSR count). The number of nitrogens with one attached hydrogen (secondary N) is 1. The van der Waals surface area contributed by atoms with Crippen LogP contribution in [0.5, 0.6) is 11.5 Å². The molecule has 0 bridgehead atoms. The minimum absolute atomic E-state index is 0.0215. The zero-order chi connectivity index (χ0) is 14.7. The van der Waals surface area contributed by atoms with E-state index in [9.17, 15) is 4.39 Å². The van der Waals surface area contributed by atoms with Gasteiger partial charge in [-0.15, -0.1) is 0 Å². The fourth-order valence-corrected chi connectivity index (χ4v) is 2.55. The molecule has 5 heteroatoms. The highest BCUT2D eigenvalue weighted by molar-refractivity contribution is 9.10. The van der Waals surface area contributed by atoms with Crippen LogP contribution in [0.2, 0.25) is 5.02 Å². The minimum Gasteiger partial charge on any atom is -0.456 e. The third kappa shape index (κ3) is 3.51. The van der Waals surface area contributed by atoms with Gasteiger partial charge in [-0.3, -0.25) is 0 Å². The third-order valence-electron chi connectivity index (χ3n) is 2.99. The summed E-state index contributed by atoms with van der Waals surface area (Å²) >= 11 is 9.30. The molecule has 0 aromatic heterocycles. The third-order valence-corrected chi connectivity index (χ3v) is 3.84. The molecule has 0 amide bonds. The summed E-state index contributed by atoms with van der Waals surface area (Å²) in [6.45, 7) is 1.94. The van der Waals surface area contributed by atoms with Crippen LogP contribution >= 0.6 is 27.5 Å². The predicted molar refractivity (Wildman–Crippen MR) is 83.1 cm³/mol. The van der Waals surface area contributed by atoms with Crippen LogP contribution in [0.25, 0.3) is 0 Å². The standard InChI is InChI=1S/C15H14BrClFNO/c1-9(19-2)12-8-11(18)4-6-14(12)20-15-5-3-10(17)7-13(15)16/h3-9,19H,1-2H3. The fraction of sp³-hybridized carbons (Fsp3) is 0.200. The number of rotatable bonds is 4. The Hall–Kier alpha value is -1.10. The minimum atomic E-state index is -0.287. The van der Waals surface area contributed by atoms with E-state index in [4.69, 9.17) is 16.3 Å². The van der Waals surface area contributed by atoms with Crippen LogP contribution < -0.4 is 10.1 Å². The van der Waals surface area contributed by atoms with Crippen LogP contribution in [0.4, 0.5) is 4.39 Å². The molecule has 0 aliphatic carbocycles. The Morgan fingerprint density at radius 3 is 2.55 bits per heavy atom. The lowest BCUT2D eigenvalue weighted by Crippen LogP contribution is -2.13. The molecule has 1 N–H and O–H groups in total. The SMILES string of the molecule is CNC(C)c1cc(F)ccc1Oc1ccc(Cl)cc1Br. The average molecular weight is 359 g/mol. The quantitative estimate of drug-likeness (QED) is 0.799. The Kier molecular flexibility index (Phi) is 5.02. The van der Waals surface area contributed by atoms with Gasteiger partial charge < -0.3 is 10.1 Å². The van der Waals surface area contributed by atoms with Gasteiger partial charge in [-0.25, -0.2) is 4.39 Å². The normalized spacial score (nSPS) is 12.2. The Labute approximate surface area is 131 Å². The largest absolute Gasteiger partial charge is 0.456 e. The van der Waals surface area contributed by atoms with Crippen LogP contribution in [0.3, 0.4) is 0 Å². The maximum absolute atomic E-state index is 13.4. The highest BCUT2D eigenvalue weighted by atomic mass is 79.9. The Morgan fingerprint density at radius 2 is 1.90 bits per heavy atom. The van der Waals surface area contributed by atoms with Crippen molar-refractivity contribution in [3.8, 4) is 11.5 Å². The molecule has 2 aromatic carbocycles. The number of halogens is 3. The molecule has 0 aliphatic rings. The highest BCUT2D eigenvalue weighted by Gasteiger charge is 2.13. The molecule has 0 saturated heterocycles. The first-order chi connectivity index (χ1) is 9.51. The molecule has 0 fully saturated rings. The summed E-state index contributed by atoms with van der Waals surface area (Å²) in [5.41, 5.74) is 0.759. The maximum Gasteiger partial charge on any atom is 0.141 e. The van der Waals surface area contributed by atoms with Crippen molar-refractivity contribution in [3.05, 3.63) is 57.3 Å². The van der Waals surface area contributed by atoms with Gasteiger partial charge in [0.1, 0.15) is 17.3 Å². The molecular weight excluding hydrogens is 345 g/mol. The van der Waals surface area contributed by atoms with Crippen molar-refractivity contribution >= 4 is 27.5 Å². The zero-order valence-corrected chi connectivity index (χ0v) is 13.4. The lowest BCUT2D eigenvalue weighted by atomic mass is 10.1. The van der Waals surface area contributed by atoms with Crippen molar-refractivity contribution in [2.75, 3.05) is 7.05 Å². The van der Waals surface area contributed by atoms with E-state index >= 15 is 0 Å². The first-order valence-corrected chi connectivity index (χ1v) is 7.28. The van der Waals surface area contributed by atoms with E-state index in [0.29, 0.717) is 16.5 Å².